The lowest BCUT2D eigenvalue weighted by Gasteiger charge is -2.19. The summed E-state index contributed by atoms with van der Waals surface area (Å²) in [5.41, 5.74) is 1.86. The maximum Gasteiger partial charge on any atom is 0.453 e. The van der Waals surface area contributed by atoms with Gasteiger partial charge in [-0.3, -0.25) is 4.79 Å². The number of rotatable bonds is 7. The van der Waals surface area contributed by atoms with Gasteiger partial charge in [-0.1, -0.05) is 0 Å². The van der Waals surface area contributed by atoms with Crippen molar-refractivity contribution in [3.05, 3.63) is 28.8 Å². The molecule has 0 unspecified atom stereocenters. The number of benzene rings is 1. The van der Waals surface area contributed by atoms with Crippen LogP contribution in [0.2, 0.25) is 0 Å². The lowest BCUT2D eigenvalue weighted by Crippen LogP contribution is -2.36. The molecule has 0 radical (unpaired) electrons. The predicted octanol–water partition coefficient (Wildman–Crippen LogP) is 5.08. The van der Waals surface area contributed by atoms with Gasteiger partial charge >= 0.3 is 12.1 Å². The minimum Gasteiger partial charge on any atom is -0.366 e. The van der Waals surface area contributed by atoms with Crippen LogP contribution in [0.25, 0.3) is 0 Å². The topological polar surface area (TPSA) is 32.7 Å². The summed E-state index contributed by atoms with van der Waals surface area (Å²) in [6.07, 6.45) is -6.47. The summed E-state index contributed by atoms with van der Waals surface area (Å²) >= 11 is 0. The number of aliphatic imine (C=N–C) groups is 1. The first-order chi connectivity index (χ1) is 11.4. The number of Topliss-reactive ketones (excluding diaryl/α,β-unsaturated/α-hetero) is 1. The zero-order chi connectivity index (χ0) is 19.4. The molecule has 0 aromatic heterocycles. The van der Waals surface area contributed by atoms with Gasteiger partial charge in [0.05, 0.1) is 12.0 Å². The molecule has 0 aliphatic heterocycles. The second kappa shape index (κ2) is 7.93. The van der Waals surface area contributed by atoms with Crippen molar-refractivity contribution >= 4 is 17.8 Å². The van der Waals surface area contributed by atoms with Crippen molar-refractivity contribution in [2.75, 3.05) is 13.6 Å². The van der Waals surface area contributed by atoms with Crippen LogP contribution in [0, 0.1) is 13.8 Å². The molecule has 0 spiro atoms. The molecule has 140 valence electrons. The molecule has 8 heteroatoms. The van der Waals surface area contributed by atoms with Crippen molar-refractivity contribution < 1.29 is 26.7 Å². The first-order valence-corrected chi connectivity index (χ1v) is 7.72. The Balaban J connectivity index is 2.94. The minimum atomic E-state index is -5.65. The van der Waals surface area contributed by atoms with E-state index in [0.29, 0.717) is 16.8 Å². The van der Waals surface area contributed by atoms with Gasteiger partial charge in [-0.15, -0.1) is 0 Å². The average molecular weight is 364 g/mol. The van der Waals surface area contributed by atoms with Gasteiger partial charge in [0.1, 0.15) is 0 Å². The van der Waals surface area contributed by atoms with E-state index in [2.05, 4.69) is 4.99 Å². The van der Waals surface area contributed by atoms with Crippen LogP contribution in [0.5, 0.6) is 0 Å². The summed E-state index contributed by atoms with van der Waals surface area (Å²) < 4.78 is 62.5. The fourth-order valence-corrected chi connectivity index (χ4v) is 2.03. The van der Waals surface area contributed by atoms with E-state index in [0.717, 1.165) is 6.54 Å². The second-order valence-corrected chi connectivity index (χ2v) is 5.90. The molecule has 0 bridgehead atoms. The van der Waals surface area contributed by atoms with Crippen LogP contribution in [0.3, 0.4) is 0 Å². The first kappa shape index (κ1) is 21.1. The van der Waals surface area contributed by atoms with Gasteiger partial charge in [-0.25, -0.2) is 4.99 Å². The Morgan fingerprint density at radius 1 is 1.16 bits per heavy atom. The third kappa shape index (κ3) is 5.51. The molecule has 0 atom stereocenters. The maximum absolute atomic E-state index is 13.0. The number of alkyl halides is 5. The van der Waals surface area contributed by atoms with E-state index < -0.39 is 30.7 Å². The smallest absolute Gasteiger partial charge is 0.366 e. The monoisotopic (exact) mass is 364 g/mol. The van der Waals surface area contributed by atoms with Crippen molar-refractivity contribution in [2.45, 2.75) is 45.7 Å². The van der Waals surface area contributed by atoms with E-state index in [9.17, 15) is 26.7 Å². The van der Waals surface area contributed by atoms with Gasteiger partial charge in [-0.2, -0.15) is 22.0 Å². The Morgan fingerprint density at radius 3 is 2.28 bits per heavy atom. The number of aryl methyl sites for hydroxylation is 2. The number of ketones is 1. The van der Waals surface area contributed by atoms with E-state index in [1.807, 2.05) is 18.9 Å². The van der Waals surface area contributed by atoms with Crippen LogP contribution >= 0.6 is 0 Å². The van der Waals surface area contributed by atoms with Crippen LogP contribution in [-0.4, -0.2) is 42.7 Å². The summed E-state index contributed by atoms with van der Waals surface area (Å²) in [4.78, 5) is 18.2. The number of carbonyl (C=O) groups excluding carboxylic acids is 1. The highest BCUT2D eigenvalue weighted by molar-refractivity contribution is 5.98. The molecule has 0 fully saturated rings. The normalized spacial score (nSPS) is 12.7. The summed E-state index contributed by atoms with van der Waals surface area (Å²) in [6.45, 7) is 5.99. The molecule has 3 nitrogen and oxygen atoms in total. The predicted molar refractivity (Wildman–Crippen MR) is 86.9 cm³/mol. The third-order valence-corrected chi connectivity index (χ3v) is 3.82. The molecule has 25 heavy (non-hydrogen) atoms. The molecule has 0 N–H and O–H groups in total. The largest absolute Gasteiger partial charge is 0.453 e. The number of carbonyl (C=O) groups is 1. The third-order valence-electron chi connectivity index (χ3n) is 3.82. The van der Waals surface area contributed by atoms with Gasteiger partial charge in [0.15, 0.2) is 5.78 Å². The van der Waals surface area contributed by atoms with Gasteiger partial charge < -0.3 is 4.90 Å². The molecule has 1 aromatic rings. The molecule has 0 amide bonds. The highest BCUT2D eigenvalue weighted by Crippen LogP contribution is 2.39. The fourth-order valence-electron chi connectivity index (χ4n) is 2.03. The standard InChI is InChI=1S/C17H21F5N2O/c1-5-24(4)10-23-14-9-11(2)13(8-12(14)3)15(25)6-7-16(18,19)17(20,21)22/h8-10H,5-7H2,1-4H3. The first-order valence-electron chi connectivity index (χ1n) is 7.72. The lowest BCUT2D eigenvalue weighted by atomic mass is 9.97. The van der Waals surface area contributed by atoms with Gasteiger partial charge in [0.2, 0.25) is 0 Å². The fraction of sp³-hybridized carbons (Fsp3) is 0.529. The van der Waals surface area contributed by atoms with Crippen molar-refractivity contribution in [3.8, 4) is 0 Å². The zero-order valence-electron chi connectivity index (χ0n) is 14.5. The molecular weight excluding hydrogens is 343 g/mol. The Morgan fingerprint density at radius 2 is 1.76 bits per heavy atom. The molecule has 0 heterocycles. The summed E-state index contributed by atoms with van der Waals surface area (Å²) in [5.74, 6) is -5.62. The van der Waals surface area contributed by atoms with E-state index >= 15 is 0 Å². The lowest BCUT2D eigenvalue weighted by molar-refractivity contribution is -0.283. The molecule has 1 rings (SSSR count). The Labute approximate surface area is 143 Å². The van der Waals surface area contributed by atoms with Crippen molar-refractivity contribution in [1.82, 2.24) is 4.90 Å². The maximum atomic E-state index is 13.0. The van der Waals surface area contributed by atoms with E-state index in [-0.39, 0.29) is 5.56 Å². The molecule has 0 aliphatic rings. The quantitative estimate of drug-likeness (QED) is 0.293. The summed E-state index contributed by atoms with van der Waals surface area (Å²) in [6, 6.07) is 3.09. The van der Waals surface area contributed by atoms with Gasteiger partial charge in [-0.05, 0) is 44.0 Å². The molecular formula is C17H21F5N2O. The average Bonchev–Trinajstić information content (AvgIpc) is 2.51. The van der Waals surface area contributed by atoms with E-state index in [1.54, 1.807) is 26.3 Å². The van der Waals surface area contributed by atoms with Crippen LogP contribution < -0.4 is 0 Å². The van der Waals surface area contributed by atoms with Crippen molar-refractivity contribution in [2.24, 2.45) is 4.99 Å². The molecule has 0 saturated carbocycles. The highest BCUT2D eigenvalue weighted by atomic mass is 19.4. The van der Waals surface area contributed by atoms with Crippen molar-refractivity contribution in [3.63, 3.8) is 0 Å². The number of nitrogens with zero attached hydrogens (tertiary/aromatic N) is 2. The van der Waals surface area contributed by atoms with Gasteiger partial charge in [0, 0.05) is 32.0 Å². The second-order valence-electron chi connectivity index (χ2n) is 5.90. The highest BCUT2D eigenvalue weighted by Gasteiger charge is 2.56. The Hall–Kier alpha value is -1.99. The van der Waals surface area contributed by atoms with Crippen LogP contribution in [-0.2, 0) is 0 Å². The van der Waals surface area contributed by atoms with Crippen LogP contribution in [0.15, 0.2) is 17.1 Å². The molecule has 1 aromatic carbocycles. The van der Waals surface area contributed by atoms with Crippen molar-refractivity contribution in [1.29, 1.82) is 0 Å². The minimum absolute atomic E-state index is 0.137. The number of hydrogen-bond donors (Lipinski definition) is 0. The van der Waals surface area contributed by atoms with Gasteiger partial charge in [0.25, 0.3) is 0 Å². The summed E-state index contributed by atoms with van der Waals surface area (Å²) in [7, 11) is 1.84. The number of hydrogen-bond acceptors (Lipinski definition) is 2. The molecule has 0 aliphatic carbocycles. The van der Waals surface area contributed by atoms with E-state index in [4.69, 9.17) is 0 Å². The Bertz CT molecular complexity index is 653. The SMILES string of the molecule is CCN(C)C=Nc1cc(C)c(C(=O)CCC(F)(F)C(F)(F)F)cc1C. The number of halogens is 5. The zero-order valence-corrected chi connectivity index (χ0v) is 14.5. The summed E-state index contributed by atoms with van der Waals surface area (Å²) in [5, 5.41) is 0. The van der Waals surface area contributed by atoms with E-state index in [1.165, 1.54) is 6.07 Å². The Kier molecular flexibility index (Phi) is 6.68. The van der Waals surface area contributed by atoms with Crippen LogP contribution in [0.4, 0.5) is 27.6 Å². The van der Waals surface area contributed by atoms with Crippen LogP contribution in [0.1, 0.15) is 41.3 Å². The molecule has 0 saturated heterocycles.